The molecule has 4 rings (SSSR count). The number of benzene rings is 2. The van der Waals surface area contributed by atoms with E-state index in [1.54, 1.807) is 18.3 Å². The highest BCUT2D eigenvalue weighted by molar-refractivity contribution is 6.09. The molecular formula is C22H16N2O4. The summed E-state index contributed by atoms with van der Waals surface area (Å²) in [5.74, 6) is -0.931. The summed E-state index contributed by atoms with van der Waals surface area (Å²) in [6.45, 7) is 0.102. The number of Topliss-reactive ketones (excluding diaryl/α,β-unsaturated/α-hetero) is 1. The van der Waals surface area contributed by atoms with Crippen molar-refractivity contribution in [3.63, 3.8) is 0 Å². The molecule has 0 unspecified atom stereocenters. The molecule has 0 spiro atoms. The molecule has 0 saturated heterocycles. The van der Waals surface area contributed by atoms with Gasteiger partial charge in [-0.2, -0.15) is 5.26 Å². The van der Waals surface area contributed by atoms with Gasteiger partial charge in [0.05, 0.1) is 12.5 Å². The van der Waals surface area contributed by atoms with Gasteiger partial charge in [0.15, 0.2) is 6.61 Å². The third-order valence-electron chi connectivity index (χ3n) is 4.51. The maximum atomic E-state index is 12.7. The van der Waals surface area contributed by atoms with Crippen molar-refractivity contribution in [2.75, 3.05) is 6.61 Å². The Hall–Kier alpha value is -3.85. The predicted molar refractivity (Wildman–Crippen MR) is 103 cm³/mol. The lowest BCUT2D eigenvalue weighted by atomic mass is 10.1. The van der Waals surface area contributed by atoms with Gasteiger partial charge in [0.2, 0.25) is 11.5 Å². The second-order valence-corrected chi connectivity index (χ2v) is 6.31. The molecule has 6 heteroatoms. The first-order valence-corrected chi connectivity index (χ1v) is 8.81. The minimum Gasteiger partial charge on any atom is -0.451 e. The Bertz CT molecular complexity index is 1190. The van der Waals surface area contributed by atoms with Crippen LogP contribution in [0.4, 0.5) is 0 Å². The number of esters is 1. The lowest BCUT2D eigenvalue weighted by molar-refractivity contribution is 0.0446. The lowest BCUT2D eigenvalue weighted by Gasteiger charge is -2.01. The standard InChI is InChI=1S/C22H16N2O4/c23-10-5-11-24-13-17(16-7-2-3-8-18(16)24)19(25)14-27-22(26)21-12-15-6-1-4-9-20(15)28-21/h1-4,6-9,12-13H,5,11,14H2. The van der Waals surface area contributed by atoms with E-state index in [0.29, 0.717) is 24.1 Å². The van der Waals surface area contributed by atoms with Crippen molar-refractivity contribution >= 4 is 33.6 Å². The van der Waals surface area contributed by atoms with E-state index in [0.717, 1.165) is 16.3 Å². The fourth-order valence-corrected chi connectivity index (χ4v) is 3.19. The van der Waals surface area contributed by atoms with E-state index in [1.165, 1.54) is 0 Å². The molecule has 0 aliphatic carbocycles. The number of ether oxygens (including phenoxy) is 1. The third kappa shape index (κ3) is 3.26. The van der Waals surface area contributed by atoms with Crippen LogP contribution < -0.4 is 0 Å². The van der Waals surface area contributed by atoms with Crippen LogP contribution in [0, 0.1) is 11.3 Å². The van der Waals surface area contributed by atoms with Crippen molar-refractivity contribution in [2.45, 2.75) is 13.0 Å². The van der Waals surface area contributed by atoms with E-state index < -0.39 is 5.97 Å². The number of furan rings is 1. The minimum absolute atomic E-state index is 0.0606. The van der Waals surface area contributed by atoms with Gasteiger partial charge in [-0.25, -0.2) is 4.79 Å². The summed E-state index contributed by atoms with van der Waals surface area (Å²) < 4.78 is 12.5. The first kappa shape index (κ1) is 17.6. The van der Waals surface area contributed by atoms with Crippen LogP contribution in [0.15, 0.2) is 65.2 Å². The van der Waals surface area contributed by atoms with E-state index in [1.807, 2.05) is 47.0 Å². The zero-order valence-corrected chi connectivity index (χ0v) is 14.9. The van der Waals surface area contributed by atoms with Gasteiger partial charge in [-0.15, -0.1) is 0 Å². The highest BCUT2D eigenvalue weighted by atomic mass is 16.5. The van der Waals surface area contributed by atoms with Crippen molar-refractivity contribution in [3.8, 4) is 6.07 Å². The molecule has 0 N–H and O–H groups in total. The van der Waals surface area contributed by atoms with Gasteiger partial charge in [0.25, 0.3) is 0 Å². The fraction of sp³-hybridized carbons (Fsp3) is 0.136. The van der Waals surface area contributed by atoms with Crippen LogP contribution in [0.3, 0.4) is 0 Å². The Morgan fingerprint density at radius 2 is 1.89 bits per heavy atom. The van der Waals surface area contributed by atoms with Gasteiger partial charge < -0.3 is 13.7 Å². The highest BCUT2D eigenvalue weighted by Gasteiger charge is 2.19. The van der Waals surface area contributed by atoms with Crippen LogP contribution in [0.2, 0.25) is 0 Å². The van der Waals surface area contributed by atoms with Crippen molar-refractivity contribution < 1.29 is 18.7 Å². The number of fused-ring (bicyclic) bond motifs is 2. The number of rotatable bonds is 6. The molecular weight excluding hydrogens is 356 g/mol. The Labute approximate surface area is 160 Å². The molecule has 2 aromatic heterocycles. The summed E-state index contributed by atoms with van der Waals surface area (Å²) in [5.41, 5.74) is 1.91. The number of hydrogen-bond donors (Lipinski definition) is 0. The smallest absolute Gasteiger partial charge is 0.374 e. The van der Waals surface area contributed by atoms with E-state index in [4.69, 9.17) is 14.4 Å². The topological polar surface area (TPSA) is 85.2 Å². The summed E-state index contributed by atoms with van der Waals surface area (Å²) in [5, 5.41) is 10.4. The molecule has 0 radical (unpaired) electrons. The van der Waals surface area contributed by atoms with Gasteiger partial charge in [-0.05, 0) is 18.2 Å². The highest BCUT2D eigenvalue weighted by Crippen LogP contribution is 2.23. The van der Waals surface area contributed by atoms with Crippen molar-refractivity contribution in [1.82, 2.24) is 4.57 Å². The Balaban J connectivity index is 1.52. The van der Waals surface area contributed by atoms with Gasteiger partial charge in [-0.3, -0.25) is 4.79 Å². The van der Waals surface area contributed by atoms with Crippen molar-refractivity contribution in [2.24, 2.45) is 0 Å². The van der Waals surface area contributed by atoms with Crippen molar-refractivity contribution in [1.29, 1.82) is 5.26 Å². The number of ketones is 1. The molecule has 0 bridgehead atoms. The summed E-state index contributed by atoms with van der Waals surface area (Å²) in [4.78, 5) is 24.9. The maximum Gasteiger partial charge on any atom is 0.374 e. The number of carbonyl (C=O) groups excluding carboxylic acids is 2. The fourth-order valence-electron chi connectivity index (χ4n) is 3.19. The quantitative estimate of drug-likeness (QED) is 0.371. The SMILES string of the molecule is N#CCCn1cc(C(=O)COC(=O)c2cc3ccccc3o2)c2ccccc21. The second kappa shape index (κ2) is 7.41. The Kier molecular flexibility index (Phi) is 4.65. The first-order chi connectivity index (χ1) is 13.7. The minimum atomic E-state index is -0.683. The number of carbonyl (C=O) groups is 2. The second-order valence-electron chi connectivity index (χ2n) is 6.31. The van der Waals surface area contributed by atoms with E-state index >= 15 is 0 Å². The average molecular weight is 372 g/mol. The lowest BCUT2D eigenvalue weighted by Crippen LogP contribution is -2.13. The molecule has 0 amide bonds. The molecule has 138 valence electrons. The predicted octanol–water partition coefficient (Wildman–Crippen LogP) is 4.34. The normalized spacial score (nSPS) is 10.8. The monoisotopic (exact) mass is 372 g/mol. The number of para-hydroxylation sites is 2. The number of aryl methyl sites for hydroxylation is 1. The Morgan fingerprint density at radius 1 is 1.11 bits per heavy atom. The molecule has 0 saturated carbocycles. The number of hydrogen-bond acceptors (Lipinski definition) is 5. The third-order valence-corrected chi connectivity index (χ3v) is 4.51. The number of aromatic nitrogens is 1. The van der Waals surface area contributed by atoms with Crippen LogP contribution in [-0.2, 0) is 11.3 Å². The molecule has 0 fully saturated rings. The van der Waals surface area contributed by atoms with Gasteiger partial charge in [0, 0.05) is 34.6 Å². The summed E-state index contributed by atoms with van der Waals surface area (Å²) in [7, 11) is 0. The average Bonchev–Trinajstić information content (AvgIpc) is 3.32. The molecule has 4 aromatic rings. The molecule has 0 aliphatic rings. The van der Waals surface area contributed by atoms with Crippen LogP contribution >= 0.6 is 0 Å². The summed E-state index contributed by atoms with van der Waals surface area (Å²) in [6.07, 6.45) is 2.05. The zero-order chi connectivity index (χ0) is 19.5. The Morgan fingerprint density at radius 3 is 2.71 bits per heavy atom. The molecule has 28 heavy (non-hydrogen) atoms. The summed E-state index contributed by atoms with van der Waals surface area (Å²) in [6, 6.07) is 18.4. The van der Waals surface area contributed by atoms with Crippen molar-refractivity contribution in [3.05, 3.63) is 72.1 Å². The van der Waals surface area contributed by atoms with Crippen LogP contribution in [-0.4, -0.2) is 22.9 Å². The molecule has 0 atom stereocenters. The van der Waals surface area contributed by atoms with Gasteiger partial charge in [0.1, 0.15) is 5.58 Å². The molecule has 0 aliphatic heterocycles. The number of nitrogens with zero attached hydrogens (tertiary/aromatic N) is 2. The van der Waals surface area contributed by atoms with E-state index in [9.17, 15) is 9.59 Å². The van der Waals surface area contributed by atoms with Gasteiger partial charge in [-0.1, -0.05) is 36.4 Å². The number of nitriles is 1. The van der Waals surface area contributed by atoms with Crippen LogP contribution in [0.5, 0.6) is 0 Å². The van der Waals surface area contributed by atoms with Gasteiger partial charge >= 0.3 is 5.97 Å². The van der Waals surface area contributed by atoms with Crippen LogP contribution in [0.1, 0.15) is 27.3 Å². The maximum absolute atomic E-state index is 12.7. The van der Waals surface area contributed by atoms with Crippen LogP contribution in [0.25, 0.3) is 21.9 Å². The molecule has 2 heterocycles. The van der Waals surface area contributed by atoms with E-state index in [2.05, 4.69) is 6.07 Å². The first-order valence-electron chi connectivity index (χ1n) is 8.81. The zero-order valence-electron chi connectivity index (χ0n) is 14.9. The largest absolute Gasteiger partial charge is 0.451 e. The summed E-state index contributed by atoms with van der Waals surface area (Å²) >= 11 is 0. The molecule has 2 aromatic carbocycles. The molecule has 6 nitrogen and oxygen atoms in total. The van der Waals surface area contributed by atoms with E-state index in [-0.39, 0.29) is 18.2 Å².